The quantitative estimate of drug-likeness (QED) is 0.456. The van der Waals surface area contributed by atoms with E-state index in [-0.39, 0.29) is 18.3 Å². The van der Waals surface area contributed by atoms with Crippen LogP contribution >= 0.6 is 0 Å². The normalized spacial score (nSPS) is 12.7. The number of hydrogen-bond acceptors (Lipinski definition) is 6. The highest BCUT2D eigenvalue weighted by molar-refractivity contribution is 5.93. The predicted molar refractivity (Wildman–Crippen MR) is 126 cm³/mol. The number of anilines is 1. The second kappa shape index (κ2) is 9.11. The summed E-state index contributed by atoms with van der Waals surface area (Å²) in [6, 6.07) is 24.0. The molecule has 1 aliphatic rings. The van der Waals surface area contributed by atoms with Crippen LogP contribution in [0.1, 0.15) is 13.0 Å². The third kappa shape index (κ3) is 4.47. The standard InChI is InChI=1S/C26H21N3O5/c1-17(26(31)27-19-8-10-21(11-9-19)34-20-5-3-2-4-6-20)29-25(30)14-12-22(28-29)18-7-13-23-24(15-18)33-16-32-23/h2-15,17H,16H2,1H3,(H,27,31). The lowest BCUT2D eigenvalue weighted by atomic mass is 10.1. The lowest BCUT2D eigenvalue weighted by Gasteiger charge is -2.15. The van der Waals surface area contributed by atoms with Gasteiger partial charge in [0, 0.05) is 17.3 Å². The van der Waals surface area contributed by atoms with Crippen molar-refractivity contribution in [3.8, 4) is 34.3 Å². The molecular formula is C26H21N3O5. The van der Waals surface area contributed by atoms with Gasteiger partial charge in [0.05, 0.1) is 5.69 Å². The van der Waals surface area contributed by atoms with Crippen LogP contribution in [0.2, 0.25) is 0 Å². The molecule has 1 amide bonds. The third-order valence-corrected chi connectivity index (χ3v) is 5.34. The van der Waals surface area contributed by atoms with Crippen molar-refractivity contribution in [1.82, 2.24) is 9.78 Å². The van der Waals surface area contributed by atoms with Gasteiger partial charge in [0.2, 0.25) is 12.7 Å². The van der Waals surface area contributed by atoms with Crippen molar-refractivity contribution in [2.24, 2.45) is 0 Å². The molecule has 4 aromatic rings. The summed E-state index contributed by atoms with van der Waals surface area (Å²) in [5, 5.41) is 7.24. The van der Waals surface area contributed by atoms with Gasteiger partial charge in [-0.3, -0.25) is 9.59 Å². The lowest BCUT2D eigenvalue weighted by Crippen LogP contribution is -2.33. The minimum Gasteiger partial charge on any atom is -0.457 e. The Kier molecular flexibility index (Phi) is 5.70. The molecule has 0 radical (unpaired) electrons. The number of ether oxygens (including phenoxy) is 3. The fourth-order valence-electron chi connectivity index (χ4n) is 3.50. The zero-order chi connectivity index (χ0) is 23.5. The van der Waals surface area contributed by atoms with Crippen molar-refractivity contribution in [2.75, 3.05) is 12.1 Å². The Morgan fingerprint density at radius 1 is 0.941 bits per heavy atom. The maximum atomic E-state index is 12.9. The van der Waals surface area contributed by atoms with Gasteiger partial charge in [0.1, 0.15) is 17.5 Å². The van der Waals surface area contributed by atoms with E-state index < -0.39 is 6.04 Å². The molecule has 0 saturated carbocycles. The Morgan fingerprint density at radius 2 is 1.68 bits per heavy atom. The smallest absolute Gasteiger partial charge is 0.267 e. The number of fused-ring (bicyclic) bond motifs is 1. The number of nitrogens with zero attached hydrogens (tertiary/aromatic N) is 2. The first kappa shape index (κ1) is 21.3. The van der Waals surface area contributed by atoms with E-state index in [4.69, 9.17) is 14.2 Å². The molecule has 2 heterocycles. The van der Waals surface area contributed by atoms with Crippen molar-refractivity contribution in [3.05, 3.63) is 95.3 Å². The topological polar surface area (TPSA) is 91.7 Å². The number of rotatable bonds is 6. The average molecular weight is 455 g/mol. The van der Waals surface area contributed by atoms with Gasteiger partial charge in [0.25, 0.3) is 5.56 Å². The summed E-state index contributed by atoms with van der Waals surface area (Å²) >= 11 is 0. The molecule has 5 rings (SSSR count). The van der Waals surface area contributed by atoms with Crippen molar-refractivity contribution < 1.29 is 19.0 Å². The van der Waals surface area contributed by atoms with Crippen molar-refractivity contribution in [2.45, 2.75) is 13.0 Å². The number of aromatic nitrogens is 2. The Balaban J connectivity index is 1.30. The van der Waals surface area contributed by atoms with E-state index in [0.29, 0.717) is 28.6 Å². The molecule has 0 bridgehead atoms. The van der Waals surface area contributed by atoms with E-state index in [1.54, 1.807) is 49.4 Å². The molecule has 8 nitrogen and oxygen atoms in total. The van der Waals surface area contributed by atoms with Crippen LogP contribution in [0, 0.1) is 0 Å². The van der Waals surface area contributed by atoms with Gasteiger partial charge in [-0.05, 0) is 67.6 Å². The minimum absolute atomic E-state index is 0.169. The van der Waals surface area contributed by atoms with Crippen LogP contribution in [-0.4, -0.2) is 22.5 Å². The molecule has 8 heteroatoms. The maximum absolute atomic E-state index is 12.9. The summed E-state index contributed by atoms with van der Waals surface area (Å²) in [5.74, 6) is 2.27. The van der Waals surface area contributed by atoms with E-state index in [1.807, 2.05) is 36.4 Å². The number of amides is 1. The van der Waals surface area contributed by atoms with Gasteiger partial charge >= 0.3 is 0 Å². The molecule has 0 fully saturated rings. The van der Waals surface area contributed by atoms with Crippen LogP contribution in [0.15, 0.2) is 89.7 Å². The van der Waals surface area contributed by atoms with E-state index >= 15 is 0 Å². The van der Waals surface area contributed by atoms with Crippen molar-refractivity contribution in [3.63, 3.8) is 0 Å². The summed E-state index contributed by atoms with van der Waals surface area (Å²) < 4.78 is 17.7. The molecule has 0 aliphatic carbocycles. The second-order valence-electron chi connectivity index (χ2n) is 7.67. The van der Waals surface area contributed by atoms with Crippen LogP contribution in [-0.2, 0) is 4.79 Å². The van der Waals surface area contributed by atoms with E-state index in [9.17, 15) is 9.59 Å². The van der Waals surface area contributed by atoms with Gasteiger partial charge in [-0.25, -0.2) is 4.68 Å². The van der Waals surface area contributed by atoms with E-state index in [1.165, 1.54) is 10.7 Å². The van der Waals surface area contributed by atoms with Gasteiger partial charge in [-0.1, -0.05) is 18.2 Å². The first-order chi connectivity index (χ1) is 16.6. The highest BCUT2D eigenvalue weighted by Gasteiger charge is 2.20. The van der Waals surface area contributed by atoms with E-state index in [0.717, 1.165) is 11.3 Å². The highest BCUT2D eigenvalue weighted by atomic mass is 16.7. The SMILES string of the molecule is CC(C(=O)Nc1ccc(Oc2ccccc2)cc1)n1nc(-c2ccc3c(c2)OCO3)ccc1=O. The number of nitrogens with one attached hydrogen (secondary N) is 1. The summed E-state index contributed by atoms with van der Waals surface area (Å²) in [6.07, 6.45) is 0. The molecule has 1 unspecified atom stereocenters. The number of benzene rings is 3. The highest BCUT2D eigenvalue weighted by Crippen LogP contribution is 2.35. The number of carbonyl (C=O) groups is 1. The molecule has 34 heavy (non-hydrogen) atoms. The van der Waals surface area contributed by atoms with Crippen molar-refractivity contribution >= 4 is 11.6 Å². The summed E-state index contributed by atoms with van der Waals surface area (Å²) in [5.41, 5.74) is 1.50. The number of carbonyl (C=O) groups excluding carboxylic acids is 1. The van der Waals surface area contributed by atoms with Crippen LogP contribution in [0.25, 0.3) is 11.3 Å². The largest absolute Gasteiger partial charge is 0.457 e. The average Bonchev–Trinajstić information content (AvgIpc) is 3.34. The van der Waals surface area contributed by atoms with Crippen LogP contribution in [0.5, 0.6) is 23.0 Å². The molecule has 0 spiro atoms. The second-order valence-corrected chi connectivity index (χ2v) is 7.67. The molecule has 170 valence electrons. The van der Waals surface area contributed by atoms with Gasteiger partial charge in [-0.15, -0.1) is 0 Å². The number of para-hydroxylation sites is 1. The zero-order valence-electron chi connectivity index (χ0n) is 18.3. The first-order valence-corrected chi connectivity index (χ1v) is 10.7. The molecule has 1 aromatic heterocycles. The maximum Gasteiger partial charge on any atom is 0.267 e. The molecular weight excluding hydrogens is 434 g/mol. The Bertz CT molecular complexity index is 1380. The minimum atomic E-state index is -0.832. The van der Waals surface area contributed by atoms with E-state index in [2.05, 4.69) is 10.4 Å². The zero-order valence-corrected chi connectivity index (χ0v) is 18.3. The molecule has 1 N–H and O–H groups in total. The van der Waals surface area contributed by atoms with Crippen LogP contribution in [0.4, 0.5) is 5.69 Å². The van der Waals surface area contributed by atoms with Gasteiger partial charge in [0.15, 0.2) is 11.5 Å². The molecule has 1 atom stereocenters. The molecule has 0 saturated heterocycles. The Labute approximate surface area is 195 Å². The summed E-state index contributed by atoms with van der Waals surface area (Å²) in [6.45, 7) is 1.79. The van der Waals surface area contributed by atoms with Crippen LogP contribution < -0.4 is 25.1 Å². The van der Waals surface area contributed by atoms with Crippen molar-refractivity contribution in [1.29, 1.82) is 0 Å². The summed E-state index contributed by atoms with van der Waals surface area (Å²) in [7, 11) is 0. The predicted octanol–water partition coefficient (Wildman–Crippen LogP) is 4.63. The third-order valence-electron chi connectivity index (χ3n) is 5.34. The van der Waals surface area contributed by atoms with Gasteiger partial charge < -0.3 is 19.5 Å². The summed E-state index contributed by atoms with van der Waals surface area (Å²) in [4.78, 5) is 25.3. The molecule has 1 aliphatic heterocycles. The Morgan fingerprint density at radius 3 is 2.47 bits per heavy atom. The molecule has 3 aromatic carbocycles. The Hall–Kier alpha value is -4.59. The fraction of sp³-hybridized carbons (Fsp3) is 0.115. The fourth-order valence-corrected chi connectivity index (χ4v) is 3.50. The van der Waals surface area contributed by atoms with Crippen LogP contribution in [0.3, 0.4) is 0 Å². The first-order valence-electron chi connectivity index (χ1n) is 10.7. The van der Waals surface area contributed by atoms with Gasteiger partial charge in [-0.2, -0.15) is 5.10 Å². The monoisotopic (exact) mass is 455 g/mol. The number of hydrogen-bond donors (Lipinski definition) is 1. The lowest BCUT2D eigenvalue weighted by molar-refractivity contribution is -0.119.